The van der Waals surface area contributed by atoms with E-state index in [2.05, 4.69) is 17.2 Å². The molecule has 1 saturated carbocycles. The first kappa shape index (κ1) is 13.3. The molecule has 20 heavy (non-hydrogen) atoms. The van der Waals surface area contributed by atoms with Crippen molar-refractivity contribution in [3.63, 3.8) is 0 Å². The fourth-order valence-electron chi connectivity index (χ4n) is 2.38. The van der Waals surface area contributed by atoms with Crippen molar-refractivity contribution < 1.29 is 9.53 Å². The number of hydrogen-bond donors (Lipinski definition) is 1. The topological polar surface area (TPSA) is 38.3 Å². The number of benzene rings is 1. The Balaban J connectivity index is 2.14. The van der Waals surface area contributed by atoms with Crippen LogP contribution in [0.25, 0.3) is 0 Å². The van der Waals surface area contributed by atoms with Gasteiger partial charge in [0.15, 0.2) is 0 Å². The smallest absolute Gasteiger partial charge is 0.413 e. The molecule has 1 atom stereocenters. The molecule has 4 heteroatoms. The van der Waals surface area contributed by atoms with Crippen LogP contribution < -0.4 is 5.32 Å². The molecule has 3 rings (SSSR count). The maximum absolute atomic E-state index is 11.9. The molecule has 1 heterocycles. The molecule has 1 amide bonds. The van der Waals surface area contributed by atoms with Gasteiger partial charge in [0.1, 0.15) is 0 Å². The van der Waals surface area contributed by atoms with Crippen molar-refractivity contribution in [2.45, 2.75) is 32.3 Å². The van der Waals surface area contributed by atoms with Crippen LogP contribution in [0.5, 0.6) is 0 Å². The first-order valence-corrected chi connectivity index (χ1v) is 7.22. The molecule has 1 unspecified atom stereocenters. The molecule has 2 aliphatic rings. The number of amides is 1. The number of fused-ring (bicyclic) bond motifs is 1. The SMILES string of the molecule is CC(C)C1(C#CC2CC2)OC(=O)Nc2cc(Cl)ccc21. The van der Waals surface area contributed by atoms with Crippen molar-refractivity contribution in [3.05, 3.63) is 28.8 Å². The largest absolute Gasteiger partial charge is 0.425 e. The van der Waals surface area contributed by atoms with E-state index in [1.807, 2.05) is 19.9 Å². The Morgan fingerprint density at radius 1 is 1.45 bits per heavy atom. The van der Waals surface area contributed by atoms with Crippen LogP contribution in [0.1, 0.15) is 32.3 Å². The van der Waals surface area contributed by atoms with Gasteiger partial charge in [0.25, 0.3) is 0 Å². The van der Waals surface area contributed by atoms with Gasteiger partial charge < -0.3 is 4.74 Å². The standard InChI is InChI=1S/C16H16ClNO2/c1-10(2)16(8-7-11-3-4-11)13-6-5-12(17)9-14(13)18-15(19)20-16/h5-6,9-11H,3-4H2,1-2H3,(H,18,19). The fourth-order valence-corrected chi connectivity index (χ4v) is 2.56. The third kappa shape index (κ3) is 2.25. The number of anilines is 1. The van der Waals surface area contributed by atoms with Crippen LogP contribution in [0.2, 0.25) is 5.02 Å². The highest BCUT2D eigenvalue weighted by molar-refractivity contribution is 6.31. The van der Waals surface area contributed by atoms with Gasteiger partial charge in [-0.25, -0.2) is 4.79 Å². The lowest BCUT2D eigenvalue weighted by Gasteiger charge is -2.37. The molecule has 0 spiro atoms. The van der Waals surface area contributed by atoms with E-state index in [1.54, 1.807) is 12.1 Å². The molecule has 0 bridgehead atoms. The number of carbonyl (C=O) groups excluding carboxylic acids is 1. The second-order valence-electron chi connectivity index (χ2n) is 5.64. The molecule has 1 fully saturated rings. The number of rotatable bonds is 1. The summed E-state index contributed by atoms with van der Waals surface area (Å²) >= 11 is 6.01. The predicted octanol–water partition coefficient (Wildman–Crippen LogP) is 4.17. The number of nitrogens with one attached hydrogen (secondary N) is 1. The Labute approximate surface area is 123 Å². The number of carbonyl (C=O) groups is 1. The van der Waals surface area contributed by atoms with Gasteiger partial charge in [-0.2, -0.15) is 0 Å². The molecular formula is C16H16ClNO2. The summed E-state index contributed by atoms with van der Waals surface area (Å²) in [5.74, 6) is 6.97. The highest BCUT2D eigenvalue weighted by atomic mass is 35.5. The van der Waals surface area contributed by atoms with E-state index >= 15 is 0 Å². The zero-order valence-corrected chi connectivity index (χ0v) is 12.3. The van der Waals surface area contributed by atoms with E-state index in [-0.39, 0.29) is 5.92 Å². The maximum atomic E-state index is 11.9. The molecule has 1 N–H and O–H groups in total. The highest BCUT2D eigenvalue weighted by Crippen LogP contribution is 2.42. The number of halogens is 1. The van der Waals surface area contributed by atoms with Crippen molar-refractivity contribution in [1.82, 2.24) is 0 Å². The van der Waals surface area contributed by atoms with Crippen LogP contribution in [0.4, 0.5) is 10.5 Å². The molecule has 1 aromatic rings. The van der Waals surface area contributed by atoms with E-state index in [9.17, 15) is 4.79 Å². The number of hydrogen-bond acceptors (Lipinski definition) is 2. The van der Waals surface area contributed by atoms with Crippen LogP contribution in [-0.2, 0) is 10.3 Å². The minimum atomic E-state index is -0.884. The summed E-state index contributed by atoms with van der Waals surface area (Å²) in [6.07, 6.45) is 1.81. The lowest BCUT2D eigenvalue weighted by atomic mass is 9.81. The average molecular weight is 290 g/mol. The Morgan fingerprint density at radius 2 is 2.20 bits per heavy atom. The van der Waals surface area contributed by atoms with Crippen molar-refractivity contribution >= 4 is 23.4 Å². The summed E-state index contributed by atoms with van der Waals surface area (Å²) in [6.45, 7) is 4.02. The van der Waals surface area contributed by atoms with Crippen LogP contribution in [0.3, 0.4) is 0 Å². The van der Waals surface area contributed by atoms with Gasteiger partial charge in [0.2, 0.25) is 5.60 Å². The third-order valence-electron chi connectivity index (χ3n) is 3.72. The minimum absolute atomic E-state index is 0.0553. The quantitative estimate of drug-likeness (QED) is 0.788. The monoisotopic (exact) mass is 289 g/mol. The van der Waals surface area contributed by atoms with Gasteiger partial charge in [0, 0.05) is 22.4 Å². The van der Waals surface area contributed by atoms with Gasteiger partial charge in [-0.1, -0.05) is 37.4 Å². The van der Waals surface area contributed by atoms with Crippen molar-refractivity contribution in [1.29, 1.82) is 0 Å². The lowest BCUT2D eigenvalue weighted by molar-refractivity contribution is 0.0224. The molecule has 0 saturated heterocycles. The average Bonchev–Trinajstić information content (AvgIpc) is 3.18. The van der Waals surface area contributed by atoms with Gasteiger partial charge in [-0.15, -0.1) is 0 Å². The Hall–Kier alpha value is -1.66. The molecular weight excluding hydrogens is 274 g/mol. The van der Waals surface area contributed by atoms with Crippen LogP contribution in [0, 0.1) is 23.7 Å². The normalized spacial score (nSPS) is 24.3. The fraction of sp³-hybridized carbons (Fsp3) is 0.438. The van der Waals surface area contributed by atoms with Crippen LogP contribution in [-0.4, -0.2) is 6.09 Å². The summed E-state index contributed by atoms with van der Waals surface area (Å²) in [5.41, 5.74) is 0.683. The van der Waals surface area contributed by atoms with E-state index in [1.165, 1.54) is 0 Å². The number of ether oxygens (including phenoxy) is 1. The Bertz CT molecular complexity index is 625. The zero-order valence-electron chi connectivity index (χ0n) is 11.5. The maximum Gasteiger partial charge on any atom is 0.413 e. The van der Waals surface area contributed by atoms with E-state index in [0.29, 0.717) is 16.6 Å². The summed E-state index contributed by atoms with van der Waals surface area (Å²) in [6, 6.07) is 5.43. The molecule has 1 aromatic carbocycles. The molecule has 1 aliphatic carbocycles. The second kappa shape index (κ2) is 4.71. The van der Waals surface area contributed by atoms with Gasteiger partial charge in [0.05, 0.1) is 5.69 Å². The first-order valence-electron chi connectivity index (χ1n) is 6.84. The first-order chi connectivity index (χ1) is 9.51. The Morgan fingerprint density at radius 3 is 2.85 bits per heavy atom. The van der Waals surface area contributed by atoms with Crippen molar-refractivity contribution in [3.8, 4) is 11.8 Å². The van der Waals surface area contributed by atoms with Gasteiger partial charge in [-0.05, 0) is 30.9 Å². The zero-order chi connectivity index (χ0) is 14.3. The molecule has 104 valence electrons. The number of cyclic esters (lactones) is 1. The van der Waals surface area contributed by atoms with Crippen LogP contribution in [0.15, 0.2) is 18.2 Å². The van der Waals surface area contributed by atoms with Gasteiger partial charge in [-0.3, -0.25) is 5.32 Å². The van der Waals surface area contributed by atoms with E-state index in [4.69, 9.17) is 16.3 Å². The lowest BCUT2D eigenvalue weighted by Crippen LogP contribution is -2.42. The summed E-state index contributed by atoms with van der Waals surface area (Å²) in [7, 11) is 0. The van der Waals surface area contributed by atoms with Crippen LogP contribution >= 0.6 is 11.6 Å². The third-order valence-corrected chi connectivity index (χ3v) is 3.96. The highest BCUT2D eigenvalue weighted by Gasteiger charge is 2.44. The minimum Gasteiger partial charge on any atom is -0.425 e. The van der Waals surface area contributed by atoms with Crippen molar-refractivity contribution in [2.75, 3.05) is 5.32 Å². The van der Waals surface area contributed by atoms with Crippen molar-refractivity contribution in [2.24, 2.45) is 11.8 Å². The summed E-state index contributed by atoms with van der Waals surface area (Å²) < 4.78 is 5.61. The van der Waals surface area contributed by atoms with E-state index in [0.717, 1.165) is 18.4 Å². The summed E-state index contributed by atoms with van der Waals surface area (Å²) in [4.78, 5) is 11.9. The molecule has 1 aliphatic heterocycles. The molecule has 0 radical (unpaired) electrons. The van der Waals surface area contributed by atoms with Gasteiger partial charge >= 0.3 is 6.09 Å². The summed E-state index contributed by atoms with van der Waals surface area (Å²) in [5, 5.41) is 3.28. The predicted molar refractivity (Wildman–Crippen MR) is 78.6 cm³/mol. The van der Waals surface area contributed by atoms with E-state index < -0.39 is 11.7 Å². The molecule has 0 aromatic heterocycles. The molecule has 3 nitrogen and oxygen atoms in total. The Kier molecular flexibility index (Phi) is 3.14. The second-order valence-corrected chi connectivity index (χ2v) is 6.07.